The fourth-order valence-electron chi connectivity index (χ4n) is 3.69. The van der Waals surface area contributed by atoms with Crippen LogP contribution in [0, 0.1) is 5.41 Å². The molecule has 3 aliphatic rings. The molecule has 0 aromatic heterocycles. The summed E-state index contributed by atoms with van der Waals surface area (Å²) < 4.78 is 42.9. The van der Waals surface area contributed by atoms with Crippen LogP contribution < -0.4 is 0 Å². The summed E-state index contributed by atoms with van der Waals surface area (Å²) >= 11 is 0. The van der Waals surface area contributed by atoms with E-state index in [-0.39, 0.29) is 17.6 Å². The van der Waals surface area contributed by atoms with Crippen LogP contribution in [0.1, 0.15) is 48.5 Å². The van der Waals surface area contributed by atoms with Crippen LogP contribution in [0.5, 0.6) is 0 Å². The van der Waals surface area contributed by atoms with Gasteiger partial charge in [0.1, 0.15) is 12.2 Å². The molecule has 0 bridgehead atoms. The normalized spacial score (nSPS) is 36.9. The van der Waals surface area contributed by atoms with Gasteiger partial charge in [0, 0.05) is 6.08 Å². The van der Waals surface area contributed by atoms with E-state index in [1.165, 1.54) is 0 Å². The minimum atomic E-state index is -1.89. The Morgan fingerprint density at radius 1 is 0.966 bits per heavy atom. The molecular formula is C21H38O7Si. The molecule has 3 fully saturated rings. The lowest BCUT2D eigenvalue weighted by Gasteiger charge is -2.32. The summed E-state index contributed by atoms with van der Waals surface area (Å²) in [5.41, 5.74) is -0.107. The van der Waals surface area contributed by atoms with Gasteiger partial charge in [0.15, 0.2) is 30.1 Å². The maximum absolute atomic E-state index is 6.47. The number of allylic oxidation sites excluding steroid dienone is 1. The van der Waals surface area contributed by atoms with Crippen molar-refractivity contribution in [2.24, 2.45) is 5.41 Å². The molecule has 3 saturated heterocycles. The molecule has 7 nitrogen and oxygen atoms in total. The summed E-state index contributed by atoms with van der Waals surface area (Å²) in [6, 6.07) is 0. The van der Waals surface area contributed by atoms with Crippen LogP contribution in [0.25, 0.3) is 0 Å². The summed E-state index contributed by atoms with van der Waals surface area (Å²) in [6.07, 6.45) is 0.0161. The Labute approximate surface area is 176 Å². The lowest BCUT2D eigenvalue weighted by atomic mass is 9.97. The number of rotatable bonds is 5. The number of fused-ring (bicyclic) bond motifs is 1. The van der Waals surface area contributed by atoms with Gasteiger partial charge in [0.25, 0.3) is 5.95 Å². The molecule has 0 aromatic carbocycles. The first kappa shape index (κ1) is 23.0. The van der Waals surface area contributed by atoms with Gasteiger partial charge in [-0.05, 0) is 52.8 Å². The van der Waals surface area contributed by atoms with Crippen molar-refractivity contribution in [1.29, 1.82) is 0 Å². The van der Waals surface area contributed by atoms with Gasteiger partial charge in [0.05, 0.1) is 6.61 Å². The number of ether oxygens (including phenoxy) is 6. The second kappa shape index (κ2) is 7.49. The molecule has 0 amide bonds. The van der Waals surface area contributed by atoms with Gasteiger partial charge in [-0.25, -0.2) is 0 Å². The Balaban J connectivity index is 1.86. The largest absolute Gasteiger partial charge is 0.520 e. The molecule has 0 aromatic rings. The average molecular weight is 431 g/mol. The first-order chi connectivity index (χ1) is 13.0. The first-order valence-corrected chi connectivity index (χ1v) is 13.9. The SMILES string of the molecule is CC(C)(C)/C=C(\O[C@@H]1[C@H]2OC(C)(C)O[C@H]2O[C@@H]1[C@H]1COC(C)(C)O1)O[Si](C)(C)C. The van der Waals surface area contributed by atoms with Crippen molar-refractivity contribution in [2.45, 2.75) is 110 Å². The zero-order valence-corrected chi connectivity index (χ0v) is 20.5. The predicted molar refractivity (Wildman–Crippen MR) is 110 cm³/mol. The maximum atomic E-state index is 6.47. The van der Waals surface area contributed by atoms with Crippen LogP contribution in [-0.2, 0) is 32.8 Å². The third-order valence-corrected chi connectivity index (χ3v) is 5.45. The van der Waals surface area contributed by atoms with E-state index < -0.39 is 38.4 Å². The Hall–Kier alpha value is -0.643. The smallest absolute Gasteiger partial charge is 0.262 e. The van der Waals surface area contributed by atoms with Crippen molar-refractivity contribution in [3.8, 4) is 0 Å². The lowest BCUT2D eigenvalue weighted by molar-refractivity contribution is -0.235. The van der Waals surface area contributed by atoms with E-state index in [1.54, 1.807) is 0 Å². The molecule has 0 unspecified atom stereocenters. The second-order valence-electron chi connectivity index (χ2n) is 11.1. The average Bonchev–Trinajstić information content (AvgIpc) is 3.06. The molecule has 3 rings (SSSR count). The minimum Gasteiger partial charge on any atom is -0.520 e. The van der Waals surface area contributed by atoms with Crippen molar-refractivity contribution in [3.63, 3.8) is 0 Å². The maximum Gasteiger partial charge on any atom is 0.262 e. The molecule has 3 heterocycles. The van der Waals surface area contributed by atoms with Crippen LogP contribution in [-0.4, -0.2) is 57.2 Å². The standard InChI is InChI=1S/C21H38O7Si/c1-19(2,3)11-14(28-29(8,9)10)23-16-15(13-12-22-20(4,5)25-13)24-18-17(16)26-21(6,7)27-18/h11,13,15-18H,12H2,1-10H3/b14-11+/t13-,15-,16+,17-,18-/m1/s1. The first-order valence-electron chi connectivity index (χ1n) is 10.5. The molecule has 0 spiro atoms. The monoisotopic (exact) mass is 430 g/mol. The van der Waals surface area contributed by atoms with E-state index in [9.17, 15) is 0 Å². The van der Waals surface area contributed by atoms with E-state index in [1.807, 2.05) is 33.8 Å². The molecule has 0 radical (unpaired) electrons. The Morgan fingerprint density at radius 2 is 1.62 bits per heavy atom. The molecule has 0 aliphatic carbocycles. The molecule has 5 atom stereocenters. The third-order valence-electron chi connectivity index (χ3n) is 4.63. The van der Waals surface area contributed by atoms with Crippen molar-refractivity contribution >= 4 is 8.32 Å². The second-order valence-corrected chi connectivity index (χ2v) is 15.5. The van der Waals surface area contributed by atoms with E-state index in [4.69, 9.17) is 32.8 Å². The highest BCUT2D eigenvalue weighted by Crippen LogP contribution is 2.43. The molecule has 3 aliphatic heterocycles. The van der Waals surface area contributed by atoms with Crippen LogP contribution in [0.3, 0.4) is 0 Å². The Kier molecular flexibility index (Phi) is 5.95. The van der Waals surface area contributed by atoms with Crippen LogP contribution in [0.4, 0.5) is 0 Å². The van der Waals surface area contributed by atoms with E-state index in [0.29, 0.717) is 12.6 Å². The molecule has 168 valence electrons. The fourth-order valence-corrected chi connectivity index (χ4v) is 4.40. The molecule has 0 N–H and O–H groups in total. The van der Waals surface area contributed by atoms with Crippen LogP contribution >= 0.6 is 0 Å². The van der Waals surface area contributed by atoms with Crippen molar-refractivity contribution in [3.05, 3.63) is 12.0 Å². The van der Waals surface area contributed by atoms with E-state index in [2.05, 4.69) is 40.4 Å². The summed E-state index contributed by atoms with van der Waals surface area (Å²) in [5.74, 6) is -0.875. The lowest BCUT2D eigenvalue weighted by Crippen LogP contribution is -2.44. The summed E-state index contributed by atoms with van der Waals surface area (Å²) in [5, 5.41) is 0. The number of hydrogen-bond acceptors (Lipinski definition) is 7. The Morgan fingerprint density at radius 3 is 2.14 bits per heavy atom. The Bertz CT molecular complexity index is 632. The topological polar surface area (TPSA) is 64.6 Å². The summed E-state index contributed by atoms with van der Waals surface area (Å²) in [6.45, 7) is 20.7. The summed E-state index contributed by atoms with van der Waals surface area (Å²) in [7, 11) is -1.89. The van der Waals surface area contributed by atoms with Crippen molar-refractivity contribution < 1.29 is 32.8 Å². The van der Waals surface area contributed by atoms with E-state index in [0.717, 1.165) is 0 Å². The highest BCUT2D eigenvalue weighted by Gasteiger charge is 2.60. The van der Waals surface area contributed by atoms with Crippen molar-refractivity contribution in [1.82, 2.24) is 0 Å². The van der Waals surface area contributed by atoms with Gasteiger partial charge in [-0.1, -0.05) is 20.8 Å². The quantitative estimate of drug-likeness (QED) is 0.480. The molecular weight excluding hydrogens is 392 g/mol. The zero-order valence-electron chi connectivity index (χ0n) is 19.5. The van der Waals surface area contributed by atoms with Crippen LogP contribution in [0.2, 0.25) is 19.6 Å². The highest BCUT2D eigenvalue weighted by atomic mass is 28.4. The van der Waals surface area contributed by atoms with Gasteiger partial charge in [-0.15, -0.1) is 0 Å². The number of hydrogen-bond donors (Lipinski definition) is 0. The van der Waals surface area contributed by atoms with E-state index >= 15 is 0 Å². The van der Waals surface area contributed by atoms with Gasteiger partial charge >= 0.3 is 0 Å². The molecule has 0 saturated carbocycles. The van der Waals surface area contributed by atoms with Gasteiger partial charge in [-0.3, -0.25) is 0 Å². The third kappa shape index (κ3) is 5.95. The fraction of sp³-hybridized carbons (Fsp3) is 0.905. The molecule has 8 heteroatoms. The van der Waals surface area contributed by atoms with Gasteiger partial charge in [-0.2, -0.15) is 0 Å². The van der Waals surface area contributed by atoms with Gasteiger partial charge in [0.2, 0.25) is 8.32 Å². The predicted octanol–water partition coefficient (Wildman–Crippen LogP) is 4.14. The van der Waals surface area contributed by atoms with Gasteiger partial charge < -0.3 is 32.8 Å². The highest BCUT2D eigenvalue weighted by molar-refractivity contribution is 6.70. The summed E-state index contributed by atoms with van der Waals surface area (Å²) in [4.78, 5) is 0. The zero-order chi connectivity index (χ0) is 21.8. The molecule has 29 heavy (non-hydrogen) atoms. The van der Waals surface area contributed by atoms with Crippen molar-refractivity contribution in [2.75, 3.05) is 6.61 Å². The van der Waals surface area contributed by atoms with Crippen LogP contribution in [0.15, 0.2) is 12.0 Å². The minimum absolute atomic E-state index is 0.107.